The van der Waals surface area contributed by atoms with E-state index in [1.165, 1.54) is 0 Å². The van der Waals surface area contributed by atoms with Crippen molar-refractivity contribution < 1.29 is 18.0 Å². The average molecular weight is 260 g/mol. The van der Waals surface area contributed by atoms with Crippen molar-refractivity contribution in [1.82, 2.24) is 5.32 Å². The predicted octanol–water partition coefficient (Wildman–Crippen LogP) is 1.96. The van der Waals surface area contributed by atoms with Gasteiger partial charge in [-0.3, -0.25) is 4.79 Å². The molecule has 100 valence electrons. The molecular weight excluding hydrogens is 245 g/mol. The minimum Gasteiger partial charge on any atom is -0.345 e. The largest absolute Gasteiger partial charge is 0.345 e. The SMILES string of the molecule is CC(N)C(C)(C)NC(=O)c1c(F)cc(F)cc1F. The highest BCUT2D eigenvalue weighted by molar-refractivity contribution is 5.95. The summed E-state index contributed by atoms with van der Waals surface area (Å²) in [6.45, 7) is 4.89. The molecule has 0 aliphatic rings. The molecule has 0 aromatic heterocycles. The van der Waals surface area contributed by atoms with Gasteiger partial charge in [-0.05, 0) is 20.8 Å². The maximum absolute atomic E-state index is 13.4. The van der Waals surface area contributed by atoms with Crippen molar-refractivity contribution >= 4 is 5.91 Å². The minimum atomic E-state index is -1.24. The van der Waals surface area contributed by atoms with Crippen LogP contribution in [0, 0.1) is 17.5 Å². The summed E-state index contributed by atoms with van der Waals surface area (Å²) in [5.41, 5.74) is 3.98. The van der Waals surface area contributed by atoms with Gasteiger partial charge in [-0.1, -0.05) is 0 Å². The van der Waals surface area contributed by atoms with Crippen LogP contribution in [0.5, 0.6) is 0 Å². The lowest BCUT2D eigenvalue weighted by Crippen LogP contribution is -2.54. The smallest absolute Gasteiger partial charge is 0.257 e. The summed E-state index contributed by atoms with van der Waals surface area (Å²) in [6, 6.07) is 0.487. The van der Waals surface area contributed by atoms with Gasteiger partial charge >= 0.3 is 0 Å². The fourth-order valence-electron chi connectivity index (χ4n) is 1.23. The Morgan fingerprint density at radius 2 is 1.72 bits per heavy atom. The van der Waals surface area contributed by atoms with E-state index < -0.39 is 40.5 Å². The maximum atomic E-state index is 13.4. The van der Waals surface area contributed by atoms with E-state index in [0.717, 1.165) is 0 Å². The van der Waals surface area contributed by atoms with Gasteiger partial charge in [0.15, 0.2) is 0 Å². The van der Waals surface area contributed by atoms with Crippen molar-refractivity contribution in [2.75, 3.05) is 0 Å². The number of benzene rings is 1. The lowest BCUT2D eigenvalue weighted by atomic mass is 9.96. The number of carbonyl (C=O) groups is 1. The second kappa shape index (κ2) is 4.97. The summed E-state index contributed by atoms with van der Waals surface area (Å²) in [5, 5.41) is 2.41. The molecule has 1 amide bonds. The molecule has 1 rings (SSSR count). The number of hydrogen-bond acceptors (Lipinski definition) is 2. The number of nitrogens with one attached hydrogen (secondary N) is 1. The molecule has 0 heterocycles. The number of halogens is 3. The first-order chi connectivity index (χ1) is 8.15. The summed E-state index contributed by atoms with van der Waals surface area (Å²) >= 11 is 0. The van der Waals surface area contributed by atoms with Crippen molar-refractivity contribution in [2.24, 2.45) is 5.73 Å². The third kappa shape index (κ3) is 3.01. The Bertz CT molecular complexity index is 449. The van der Waals surface area contributed by atoms with E-state index in [1.54, 1.807) is 20.8 Å². The summed E-state index contributed by atoms with van der Waals surface area (Å²) in [7, 11) is 0. The van der Waals surface area contributed by atoms with E-state index in [0.29, 0.717) is 12.1 Å². The van der Waals surface area contributed by atoms with Crippen molar-refractivity contribution in [3.63, 3.8) is 0 Å². The molecule has 0 spiro atoms. The first-order valence-corrected chi connectivity index (χ1v) is 5.38. The molecule has 0 fully saturated rings. The normalized spacial score (nSPS) is 13.3. The third-order valence-corrected chi connectivity index (χ3v) is 2.81. The van der Waals surface area contributed by atoms with Gasteiger partial charge in [0.2, 0.25) is 0 Å². The molecule has 3 nitrogen and oxygen atoms in total. The molecule has 1 atom stereocenters. The van der Waals surface area contributed by atoms with Gasteiger partial charge in [-0.15, -0.1) is 0 Å². The van der Waals surface area contributed by atoms with Crippen LogP contribution >= 0.6 is 0 Å². The summed E-state index contributed by atoms with van der Waals surface area (Å²) in [4.78, 5) is 11.7. The van der Waals surface area contributed by atoms with Gasteiger partial charge in [0, 0.05) is 23.7 Å². The van der Waals surface area contributed by atoms with Crippen molar-refractivity contribution in [1.29, 1.82) is 0 Å². The molecule has 3 N–H and O–H groups in total. The van der Waals surface area contributed by atoms with Crippen LogP contribution in [-0.2, 0) is 0 Å². The van der Waals surface area contributed by atoms with Crippen molar-refractivity contribution in [3.8, 4) is 0 Å². The van der Waals surface area contributed by atoms with E-state index in [4.69, 9.17) is 5.73 Å². The number of amides is 1. The molecule has 0 aliphatic heterocycles. The van der Waals surface area contributed by atoms with Crippen LogP contribution < -0.4 is 11.1 Å². The molecule has 6 heteroatoms. The zero-order valence-electron chi connectivity index (χ0n) is 10.4. The number of rotatable bonds is 3. The molecule has 0 aliphatic carbocycles. The van der Waals surface area contributed by atoms with Crippen LogP contribution in [0.2, 0.25) is 0 Å². The Hall–Kier alpha value is -1.56. The molecule has 1 aromatic rings. The summed E-state index contributed by atoms with van der Waals surface area (Å²) < 4.78 is 39.4. The first-order valence-electron chi connectivity index (χ1n) is 5.38. The highest BCUT2D eigenvalue weighted by Crippen LogP contribution is 2.16. The molecule has 0 radical (unpaired) electrons. The molecule has 0 saturated carbocycles. The fraction of sp³-hybridized carbons (Fsp3) is 0.417. The quantitative estimate of drug-likeness (QED) is 0.872. The predicted molar refractivity (Wildman–Crippen MR) is 61.5 cm³/mol. The van der Waals surface area contributed by atoms with Crippen molar-refractivity contribution in [2.45, 2.75) is 32.4 Å². The summed E-state index contributed by atoms with van der Waals surface area (Å²) in [5.74, 6) is -4.53. The van der Waals surface area contributed by atoms with Crippen LogP contribution in [0.25, 0.3) is 0 Å². The zero-order valence-corrected chi connectivity index (χ0v) is 10.4. The third-order valence-electron chi connectivity index (χ3n) is 2.81. The van der Waals surface area contributed by atoms with E-state index >= 15 is 0 Å². The second-order valence-electron chi connectivity index (χ2n) is 4.71. The van der Waals surface area contributed by atoms with E-state index in [-0.39, 0.29) is 0 Å². The summed E-state index contributed by atoms with van der Waals surface area (Å²) in [6.07, 6.45) is 0. The van der Waals surface area contributed by atoms with Gasteiger partial charge in [-0.25, -0.2) is 13.2 Å². The Morgan fingerprint density at radius 3 is 2.11 bits per heavy atom. The minimum absolute atomic E-state index is 0.423. The van der Waals surface area contributed by atoms with Crippen LogP contribution in [0.4, 0.5) is 13.2 Å². The van der Waals surface area contributed by atoms with Gasteiger partial charge in [0.25, 0.3) is 5.91 Å². The van der Waals surface area contributed by atoms with Gasteiger partial charge in [0.05, 0.1) is 0 Å². The van der Waals surface area contributed by atoms with Crippen molar-refractivity contribution in [3.05, 3.63) is 35.1 Å². The molecule has 0 bridgehead atoms. The monoisotopic (exact) mass is 260 g/mol. The molecular formula is C12H15F3N2O. The Kier molecular flexibility index (Phi) is 4.01. The van der Waals surface area contributed by atoms with Crippen LogP contribution in [-0.4, -0.2) is 17.5 Å². The Labute approximate surface area is 103 Å². The highest BCUT2D eigenvalue weighted by Gasteiger charge is 2.28. The van der Waals surface area contributed by atoms with E-state index in [1.807, 2.05) is 0 Å². The van der Waals surface area contributed by atoms with E-state index in [2.05, 4.69) is 5.32 Å². The molecule has 18 heavy (non-hydrogen) atoms. The van der Waals surface area contributed by atoms with Crippen LogP contribution in [0.15, 0.2) is 12.1 Å². The maximum Gasteiger partial charge on any atom is 0.257 e. The second-order valence-corrected chi connectivity index (χ2v) is 4.71. The lowest BCUT2D eigenvalue weighted by molar-refractivity contribution is 0.0894. The fourth-order valence-corrected chi connectivity index (χ4v) is 1.23. The first kappa shape index (κ1) is 14.5. The van der Waals surface area contributed by atoms with Crippen LogP contribution in [0.3, 0.4) is 0 Å². The average Bonchev–Trinajstić information content (AvgIpc) is 2.13. The van der Waals surface area contributed by atoms with E-state index in [9.17, 15) is 18.0 Å². The van der Waals surface area contributed by atoms with Crippen LogP contribution in [0.1, 0.15) is 31.1 Å². The lowest BCUT2D eigenvalue weighted by Gasteiger charge is -2.30. The standard InChI is InChI=1S/C12H15F3N2O/c1-6(16)12(2,3)17-11(18)10-8(14)4-7(13)5-9(10)15/h4-6H,16H2,1-3H3,(H,17,18). The van der Waals surface area contributed by atoms with Gasteiger partial charge in [0.1, 0.15) is 23.0 Å². The Balaban J connectivity index is 3.06. The zero-order chi connectivity index (χ0) is 14.1. The highest BCUT2D eigenvalue weighted by atomic mass is 19.1. The molecule has 0 saturated heterocycles. The molecule has 1 aromatic carbocycles. The number of nitrogens with two attached hydrogens (primary N) is 1. The topological polar surface area (TPSA) is 55.1 Å². The Morgan fingerprint density at radius 1 is 1.28 bits per heavy atom. The number of carbonyl (C=O) groups excluding carboxylic acids is 1. The number of hydrogen-bond donors (Lipinski definition) is 2. The van der Waals surface area contributed by atoms with Gasteiger partial charge in [-0.2, -0.15) is 0 Å². The van der Waals surface area contributed by atoms with Gasteiger partial charge < -0.3 is 11.1 Å². The molecule has 1 unspecified atom stereocenters.